The molecule has 1 fully saturated rings. The van der Waals surface area contributed by atoms with Crippen molar-refractivity contribution in [2.24, 2.45) is 10.2 Å². The van der Waals surface area contributed by atoms with Crippen LogP contribution in [0, 0.1) is 5.82 Å². The summed E-state index contributed by atoms with van der Waals surface area (Å²) in [5, 5.41) is 18.6. The summed E-state index contributed by atoms with van der Waals surface area (Å²) in [6, 6.07) is 13.2. The zero-order chi connectivity index (χ0) is 19.9. The summed E-state index contributed by atoms with van der Waals surface area (Å²) < 4.78 is 18.5. The number of hydrogen-bond donors (Lipinski definition) is 2. The third-order valence-corrected chi connectivity index (χ3v) is 4.76. The highest BCUT2D eigenvalue weighted by Crippen LogP contribution is 2.22. The van der Waals surface area contributed by atoms with Gasteiger partial charge in [0.15, 0.2) is 5.17 Å². The van der Waals surface area contributed by atoms with Crippen molar-refractivity contribution in [3.63, 3.8) is 0 Å². The highest BCUT2D eigenvalue weighted by Gasteiger charge is 2.32. The molecule has 1 saturated heterocycles. The van der Waals surface area contributed by atoms with Crippen molar-refractivity contribution in [2.75, 3.05) is 0 Å². The molecule has 2 aromatic carbocycles. The van der Waals surface area contributed by atoms with Gasteiger partial charge in [0.05, 0.1) is 12.6 Å². The maximum atomic E-state index is 12.9. The number of carboxylic acids is 1. The Morgan fingerprint density at radius 3 is 2.61 bits per heavy atom. The van der Waals surface area contributed by atoms with Gasteiger partial charge in [0.1, 0.15) is 23.4 Å². The Balaban J connectivity index is 1.52. The van der Waals surface area contributed by atoms with Crippen molar-refractivity contribution in [2.45, 2.75) is 18.3 Å². The number of aliphatic carboxylic acids is 1. The normalized spacial score (nSPS) is 17.8. The highest BCUT2D eigenvalue weighted by atomic mass is 32.2. The van der Waals surface area contributed by atoms with Gasteiger partial charge in [0.25, 0.3) is 0 Å². The van der Waals surface area contributed by atoms with Gasteiger partial charge in [-0.3, -0.25) is 9.59 Å². The van der Waals surface area contributed by atoms with Crippen LogP contribution >= 0.6 is 11.8 Å². The Morgan fingerprint density at radius 1 is 1.21 bits per heavy atom. The SMILES string of the molecule is O=C(O)CC1S/C(=N/N=C/c2ccc(OCc3ccc(F)cc3)cc2)NC1=O. The number of nitrogens with zero attached hydrogens (tertiary/aromatic N) is 2. The fraction of sp³-hybridized carbons (Fsp3) is 0.158. The summed E-state index contributed by atoms with van der Waals surface area (Å²) in [7, 11) is 0. The van der Waals surface area contributed by atoms with Crippen molar-refractivity contribution in [3.8, 4) is 5.75 Å². The lowest BCUT2D eigenvalue weighted by atomic mass is 10.2. The zero-order valence-electron chi connectivity index (χ0n) is 14.5. The summed E-state index contributed by atoms with van der Waals surface area (Å²) in [5.41, 5.74) is 1.63. The molecule has 9 heteroatoms. The average molecular weight is 401 g/mol. The number of halogens is 1. The van der Waals surface area contributed by atoms with Crippen molar-refractivity contribution in [1.29, 1.82) is 0 Å². The van der Waals surface area contributed by atoms with Gasteiger partial charge in [-0.1, -0.05) is 23.9 Å². The molecule has 0 saturated carbocycles. The minimum absolute atomic E-state index is 0.265. The Bertz CT molecular complexity index is 914. The second-order valence-electron chi connectivity index (χ2n) is 5.83. The first-order chi connectivity index (χ1) is 13.5. The summed E-state index contributed by atoms with van der Waals surface area (Å²) in [5.74, 6) is -1.06. The van der Waals surface area contributed by atoms with Gasteiger partial charge in [-0.25, -0.2) is 4.39 Å². The number of hydrogen-bond acceptors (Lipinski definition) is 6. The smallest absolute Gasteiger partial charge is 0.305 e. The summed E-state index contributed by atoms with van der Waals surface area (Å²) in [4.78, 5) is 22.3. The van der Waals surface area contributed by atoms with Gasteiger partial charge in [-0.05, 0) is 47.5 Å². The van der Waals surface area contributed by atoms with Crippen molar-refractivity contribution in [3.05, 3.63) is 65.5 Å². The van der Waals surface area contributed by atoms with E-state index in [2.05, 4.69) is 15.5 Å². The first-order valence-corrected chi connectivity index (χ1v) is 9.15. The topological polar surface area (TPSA) is 100 Å². The maximum absolute atomic E-state index is 12.9. The lowest BCUT2D eigenvalue weighted by molar-refractivity contribution is -0.138. The minimum Gasteiger partial charge on any atom is -0.489 e. The molecule has 1 atom stereocenters. The number of rotatable bonds is 7. The second kappa shape index (κ2) is 9.14. The number of amidine groups is 1. The maximum Gasteiger partial charge on any atom is 0.305 e. The third kappa shape index (κ3) is 5.65. The lowest BCUT2D eigenvalue weighted by Crippen LogP contribution is -2.26. The van der Waals surface area contributed by atoms with E-state index in [0.29, 0.717) is 12.4 Å². The minimum atomic E-state index is -1.04. The van der Waals surface area contributed by atoms with Gasteiger partial charge in [-0.15, -0.1) is 5.10 Å². The van der Waals surface area contributed by atoms with Gasteiger partial charge in [-0.2, -0.15) is 5.10 Å². The van der Waals surface area contributed by atoms with Crippen molar-refractivity contribution >= 4 is 35.0 Å². The average Bonchev–Trinajstić information content (AvgIpc) is 3.01. The van der Waals surface area contributed by atoms with Crippen LogP contribution in [0.2, 0.25) is 0 Å². The number of amides is 1. The van der Waals surface area contributed by atoms with Crippen LogP contribution < -0.4 is 10.1 Å². The molecular formula is C19H16FN3O4S. The largest absolute Gasteiger partial charge is 0.489 e. The van der Waals surface area contributed by atoms with E-state index in [1.54, 1.807) is 36.4 Å². The summed E-state index contributed by atoms with van der Waals surface area (Å²) in [6.45, 7) is 0.329. The van der Waals surface area contributed by atoms with Gasteiger partial charge >= 0.3 is 5.97 Å². The number of nitrogens with one attached hydrogen (secondary N) is 1. The number of ether oxygens (including phenoxy) is 1. The summed E-state index contributed by atoms with van der Waals surface area (Å²) >= 11 is 1.04. The van der Waals surface area contributed by atoms with Crippen molar-refractivity contribution < 1.29 is 23.8 Å². The van der Waals surface area contributed by atoms with E-state index in [0.717, 1.165) is 22.9 Å². The highest BCUT2D eigenvalue weighted by molar-refractivity contribution is 8.15. The zero-order valence-corrected chi connectivity index (χ0v) is 15.4. The van der Waals surface area contributed by atoms with E-state index in [1.165, 1.54) is 18.3 Å². The van der Waals surface area contributed by atoms with Crippen molar-refractivity contribution in [1.82, 2.24) is 5.32 Å². The van der Waals surface area contributed by atoms with Gasteiger partial charge in [0, 0.05) is 0 Å². The molecule has 1 aliphatic heterocycles. The third-order valence-electron chi connectivity index (χ3n) is 3.69. The second-order valence-corrected chi connectivity index (χ2v) is 7.02. The van der Waals surface area contributed by atoms with Crippen LogP contribution in [-0.4, -0.2) is 33.6 Å². The number of carboxylic acid groups (broad SMARTS) is 1. The monoisotopic (exact) mass is 401 g/mol. The van der Waals surface area contributed by atoms with E-state index in [1.807, 2.05) is 0 Å². The van der Waals surface area contributed by atoms with Gasteiger partial charge in [0.2, 0.25) is 5.91 Å². The predicted molar refractivity (Wildman–Crippen MR) is 104 cm³/mol. The molecule has 1 unspecified atom stereocenters. The predicted octanol–water partition coefficient (Wildman–Crippen LogP) is 2.80. The molecule has 28 heavy (non-hydrogen) atoms. The first-order valence-electron chi connectivity index (χ1n) is 8.27. The standard InChI is InChI=1S/C19H16FN3O4S/c20-14-5-1-13(2-6-14)11-27-15-7-3-12(4-8-15)10-21-23-19-22-18(26)16(28-19)9-17(24)25/h1-8,10,16H,9,11H2,(H,24,25)(H,22,23,26)/b21-10+. The molecule has 0 radical (unpaired) electrons. The van der Waals surface area contributed by atoms with E-state index in [4.69, 9.17) is 9.84 Å². The molecule has 144 valence electrons. The molecule has 3 rings (SSSR count). The molecule has 0 bridgehead atoms. The van der Waals surface area contributed by atoms with Crippen LogP contribution in [-0.2, 0) is 16.2 Å². The van der Waals surface area contributed by atoms with E-state index < -0.39 is 11.2 Å². The molecular weight excluding hydrogens is 385 g/mol. The summed E-state index contributed by atoms with van der Waals surface area (Å²) in [6.07, 6.45) is 1.24. The van der Waals surface area contributed by atoms with Gasteiger partial charge < -0.3 is 15.2 Å². The Hall–Kier alpha value is -3.20. The molecule has 1 amide bonds. The molecule has 2 aromatic rings. The first kappa shape index (κ1) is 19.6. The van der Waals surface area contributed by atoms with Crippen LogP contribution in [0.5, 0.6) is 5.75 Å². The molecule has 0 spiro atoms. The lowest BCUT2D eigenvalue weighted by Gasteiger charge is -2.06. The van der Waals surface area contributed by atoms with E-state index in [9.17, 15) is 14.0 Å². The number of thioether (sulfide) groups is 1. The fourth-order valence-corrected chi connectivity index (χ4v) is 3.21. The number of carbonyl (C=O) groups excluding carboxylic acids is 1. The van der Waals surface area contributed by atoms with Crippen LogP contribution in [0.4, 0.5) is 4.39 Å². The molecule has 1 aliphatic rings. The van der Waals surface area contributed by atoms with Crippen LogP contribution in [0.15, 0.2) is 58.7 Å². The molecule has 0 aromatic heterocycles. The Labute approximate surface area is 164 Å². The Kier molecular flexibility index (Phi) is 6.38. The van der Waals surface area contributed by atoms with E-state index in [-0.39, 0.29) is 23.3 Å². The van der Waals surface area contributed by atoms with Crippen LogP contribution in [0.25, 0.3) is 0 Å². The number of benzene rings is 2. The molecule has 1 heterocycles. The fourth-order valence-electron chi connectivity index (χ4n) is 2.29. The number of carbonyl (C=O) groups is 2. The molecule has 0 aliphatic carbocycles. The van der Waals surface area contributed by atoms with Crippen LogP contribution in [0.3, 0.4) is 0 Å². The molecule has 2 N–H and O–H groups in total. The van der Waals surface area contributed by atoms with E-state index >= 15 is 0 Å². The molecule has 7 nitrogen and oxygen atoms in total. The quantitative estimate of drug-likeness (QED) is 0.549. The van der Waals surface area contributed by atoms with Crippen LogP contribution in [0.1, 0.15) is 17.5 Å². The Morgan fingerprint density at radius 2 is 1.93 bits per heavy atom.